The quantitative estimate of drug-likeness (QED) is 0.775. The zero-order valence-corrected chi connectivity index (χ0v) is 11.0. The molecule has 0 aliphatic heterocycles. The molecule has 0 amide bonds. The Morgan fingerprint density at radius 1 is 1.44 bits per heavy atom. The Kier molecular flexibility index (Phi) is 3.32. The summed E-state index contributed by atoms with van der Waals surface area (Å²) in [6.07, 6.45) is 2.90. The van der Waals surface area contributed by atoms with E-state index in [0.29, 0.717) is 10.9 Å². The number of pyridine rings is 1. The highest BCUT2D eigenvalue weighted by molar-refractivity contribution is 7.90. The van der Waals surface area contributed by atoms with E-state index in [2.05, 4.69) is 0 Å². The Balaban J connectivity index is 2.90. The summed E-state index contributed by atoms with van der Waals surface area (Å²) in [6, 6.07) is 2.57. The number of nitrogens with zero attached hydrogens (tertiary/aromatic N) is 1. The maximum atomic E-state index is 13.6. The molecule has 0 saturated heterocycles. The molecule has 18 heavy (non-hydrogen) atoms. The Bertz CT molecular complexity index is 666. The summed E-state index contributed by atoms with van der Waals surface area (Å²) in [5.41, 5.74) is 0.0785. The van der Waals surface area contributed by atoms with Gasteiger partial charge in [-0.15, -0.1) is 0 Å². The zero-order chi connectivity index (χ0) is 13.4. The van der Waals surface area contributed by atoms with Crippen LogP contribution in [0.2, 0.25) is 0 Å². The fraction of sp³-hybridized carbons (Fsp3) is 0.250. The molecule has 0 N–H and O–H groups in total. The third-order valence-electron chi connectivity index (χ3n) is 2.74. The fourth-order valence-corrected chi connectivity index (χ4v) is 2.49. The molecule has 1 aromatic carbocycles. The number of hydrogen-bond donors (Lipinski definition) is 0. The molecule has 1 heterocycles. The molecule has 0 aliphatic rings. The van der Waals surface area contributed by atoms with Crippen molar-refractivity contribution >= 4 is 22.1 Å². The van der Waals surface area contributed by atoms with Gasteiger partial charge in [-0.1, -0.05) is 0 Å². The van der Waals surface area contributed by atoms with Crippen molar-refractivity contribution in [3.05, 3.63) is 34.4 Å². The van der Waals surface area contributed by atoms with Crippen molar-refractivity contribution < 1.29 is 13.7 Å². The molecule has 4 nitrogen and oxygen atoms in total. The van der Waals surface area contributed by atoms with Gasteiger partial charge in [-0.3, -0.25) is 4.79 Å². The molecule has 0 saturated carbocycles. The van der Waals surface area contributed by atoms with E-state index in [9.17, 15) is 13.7 Å². The van der Waals surface area contributed by atoms with E-state index >= 15 is 0 Å². The van der Waals surface area contributed by atoms with Gasteiger partial charge in [0.1, 0.15) is 6.26 Å². The average molecular weight is 269 g/mol. The lowest BCUT2D eigenvalue weighted by atomic mass is 10.2. The van der Waals surface area contributed by atoms with Crippen LogP contribution in [0.3, 0.4) is 0 Å². The molecular formula is C12H12FNO3S. The van der Waals surface area contributed by atoms with Crippen molar-refractivity contribution in [2.75, 3.05) is 13.4 Å². The second kappa shape index (κ2) is 4.62. The standard InChI is InChI=1S/C12H12FNO3S/c1-14-6-11(18(3)16)12(15)7-4-10(17-2)8(13)5-9(7)14/h4-6H,1-3H3. The van der Waals surface area contributed by atoms with Crippen molar-refractivity contribution in [2.24, 2.45) is 7.05 Å². The lowest BCUT2D eigenvalue weighted by molar-refractivity contribution is 0.387. The normalized spacial score (nSPS) is 12.7. The first kappa shape index (κ1) is 12.9. The largest absolute Gasteiger partial charge is 0.612 e. The molecule has 0 fully saturated rings. The maximum Gasteiger partial charge on any atom is 0.244 e. The monoisotopic (exact) mass is 269 g/mol. The van der Waals surface area contributed by atoms with Crippen LogP contribution in [-0.4, -0.2) is 22.5 Å². The SMILES string of the molecule is COc1cc2c(=O)c([S+](C)[O-])cn(C)c2cc1F. The Hall–Kier alpha value is -1.53. The highest BCUT2D eigenvalue weighted by Gasteiger charge is 2.17. The molecule has 2 rings (SSSR count). The first-order valence-corrected chi connectivity index (χ1v) is 6.71. The van der Waals surface area contributed by atoms with Crippen LogP contribution in [0.25, 0.3) is 10.9 Å². The number of methoxy groups -OCH3 is 1. The van der Waals surface area contributed by atoms with Gasteiger partial charge >= 0.3 is 0 Å². The van der Waals surface area contributed by atoms with Crippen LogP contribution < -0.4 is 10.2 Å². The Labute approximate surface area is 106 Å². The lowest BCUT2D eigenvalue weighted by Crippen LogP contribution is -2.17. The van der Waals surface area contributed by atoms with Crippen LogP contribution in [0, 0.1) is 5.82 Å². The fourth-order valence-electron chi connectivity index (χ4n) is 1.81. The van der Waals surface area contributed by atoms with E-state index < -0.39 is 17.0 Å². The van der Waals surface area contributed by atoms with E-state index in [1.165, 1.54) is 31.7 Å². The number of hydrogen-bond acceptors (Lipinski definition) is 3. The smallest absolute Gasteiger partial charge is 0.244 e. The van der Waals surface area contributed by atoms with Gasteiger partial charge in [0.15, 0.2) is 11.6 Å². The van der Waals surface area contributed by atoms with E-state index in [-0.39, 0.29) is 16.1 Å². The van der Waals surface area contributed by atoms with Crippen molar-refractivity contribution in [1.29, 1.82) is 0 Å². The van der Waals surface area contributed by atoms with Gasteiger partial charge < -0.3 is 13.9 Å². The molecule has 0 radical (unpaired) electrons. The van der Waals surface area contributed by atoms with Crippen LogP contribution in [-0.2, 0) is 18.2 Å². The average Bonchev–Trinajstić information content (AvgIpc) is 2.33. The number of halogens is 1. The van der Waals surface area contributed by atoms with E-state index in [1.54, 1.807) is 11.6 Å². The van der Waals surface area contributed by atoms with Gasteiger partial charge in [-0.05, 0) is 17.2 Å². The molecule has 0 aliphatic carbocycles. The van der Waals surface area contributed by atoms with Gasteiger partial charge in [0, 0.05) is 13.1 Å². The molecule has 0 spiro atoms. The van der Waals surface area contributed by atoms with Crippen molar-refractivity contribution in [3.8, 4) is 5.75 Å². The third kappa shape index (κ3) is 1.97. The zero-order valence-electron chi connectivity index (χ0n) is 10.2. The summed E-state index contributed by atoms with van der Waals surface area (Å²) < 4.78 is 31.5. The Morgan fingerprint density at radius 2 is 2.11 bits per heavy atom. The van der Waals surface area contributed by atoms with Gasteiger partial charge in [0.05, 0.1) is 24.2 Å². The Morgan fingerprint density at radius 3 is 2.67 bits per heavy atom. The van der Waals surface area contributed by atoms with Crippen LogP contribution in [0.5, 0.6) is 5.75 Å². The molecule has 96 valence electrons. The highest BCUT2D eigenvalue weighted by Crippen LogP contribution is 2.23. The van der Waals surface area contributed by atoms with Crippen molar-refractivity contribution in [2.45, 2.75) is 4.90 Å². The van der Waals surface area contributed by atoms with Crippen LogP contribution in [0.15, 0.2) is 28.0 Å². The number of aromatic nitrogens is 1. The first-order valence-electron chi connectivity index (χ1n) is 5.16. The summed E-state index contributed by atoms with van der Waals surface area (Å²) in [4.78, 5) is 12.3. The summed E-state index contributed by atoms with van der Waals surface area (Å²) in [7, 11) is 3.00. The second-order valence-electron chi connectivity index (χ2n) is 3.89. The predicted octanol–water partition coefficient (Wildman–Crippen LogP) is 1.42. The summed E-state index contributed by atoms with van der Waals surface area (Å²) in [5.74, 6) is -0.538. The minimum atomic E-state index is -1.39. The molecule has 1 aromatic heterocycles. The number of ether oxygens (including phenoxy) is 1. The molecular weight excluding hydrogens is 257 g/mol. The van der Waals surface area contributed by atoms with Crippen molar-refractivity contribution in [3.63, 3.8) is 0 Å². The van der Waals surface area contributed by atoms with Gasteiger partial charge in [-0.25, -0.2) is 4.39 Å². The van der Waals surface area contributed by atoms with Crippen LogP contribution >= 0.6 is 0 Å². The van der Waals surface area contributed by atoms with Crippen LogP contribution in [0.4, 0.5) is 4.39 Å². The van der Waals surface area contributed by atoms with Crippen LogP contribution in [0.1, 0.15) is 0 Å². The van der Waals surface area contributed by atoms with E-state index in [1.807, 2.05) is 0 Å². The van der Waals surface area contributed by atoms with Crippen molar-refractivity contribution in [1.82, 2.24) is 4.57 Å². The van der Waals surface area contributed by atoms with Gasteiger partial charge in [-0.2, -0.15) is 0 Å². The third-order valence-corrected chi connectivity index (χ3v) is 3.65. The van der Waals surface area contributed by atoms with E-state index in [4.69, 9.17) is 4.74 Å². The number of fused-ring (bicyclic) bond motifs is 1. The van der Waals surface area contributed by atoms with Gasteiger partial charge in [0.2, 0.25) is 10.3 Å². The number of benzene rings is 1. The number of rotatable bonds is 2. The molecule has 0 bridgehead atoms. The maximum absolute atomic E-state index is 13.6. The molecule has 2 aromatic rings. The second-order valence-corrected chi connectivity index (χ2v) is 5.24. The highest BCUT2D eigenvalue weighted by atomic mass is 32.2. The topological polar surface area (TPSA) is 54.3 Å². The minimum Gasteiger partial charge on any atom is -0.612 e. The number of aryl methyl sites for hydroxylation is 1. The summed E-state index contributed by atoms with van der Waals surface area (Å²) in [5, 5.41) is 0.295. The molecule has 1 unspecified atom stereocenters. The molecule has 6 heteroatoms. The molecule has 1 atom stereocenters. The lowest BCUT2D eigenvalue weighted by Gasteiger charge is -2.11. The van der Waals surface area contributed by atoms with Gasteiger partial charge in [0.25, 0.3) is 0 Å². The summed E-state index contributed by atoms with van der Waals surface area (Å²) >= 11 is -1.39. The van der Waals surface area contributed by atoms with E-state index in [0.717, 1.165) is 0 Å². The minimum absolute atomic E-state index is 0.00126. The predicted molar refractivity (Wildman–Crippen MR) is 68.0 cm³/mol. The first-order chi connectivity index (χ1) is 8.45. The summed E-state index contributed by atoms with van der Waals surface area (Å²) in [6.45, 7) is 0.